The zero-order valence-electron chi connectivity index (χ0n) is 21.2. The maximum Gasteiger partial charge on any atom is 0.217 e. The highest BCUT2D eigenvalue weighted by Crippen LogP contribution is 2.15. The van der Waals surface area contributed by atoms with E-state index >= 15 is 0 Å². The van der Waals surface area contributed by atoms with E-state index in [1.807, 2.05) is 0 Å². The Morgan fingerprint density at radius 2 is 1.53 bits per heavy atom. The number of aliphatic hydroxyl groups is 1. The maximum atomic E-state index is 11.4. The molecule has 0 aliphatic rings. The highest BCUT2D eigenvalue weighted by atomic mass is 32.2. The van der Waals surface area contributed by atoms with Crippen LogP contribution in [-0.4, -0.2) is 34.6 Å². The van der Waals surface area contributed by atoms with Crippen molar-refractivity contribution in [1.29, 1.82) is 0 Å². The van der Waals surface area contributed by atoms with Crippen LogP contribution < -0.4 is 10.6 Å². The standard InChI is InChI=1S/C27H46N2O2S/c1-9-12-26(29-25(8)31)23(6)28-27(24(7)30)19-32-18-17-22(5)16-11-15-21(4)14-10-13-20(2)3/h13,15,17,26-28,30H,6-7,9-12,14,16,18-19H2,1-5,8H3,(H,29,31)/b21-15+,22-17+. The summed E-state index contributed by atoms with van der Waals surface area (Å²) in [7, 11) is 0. The van der Waals surface area contributed by atoms with E-state index in [-0.39, 0.29) is 23.8 Å². The predicted molar refractivity (Wildman–Crippen MR) is 143 cm³/mol. The number of carbonyl (C=O) groups excluding carboxylic acids is 1. The van der Waals surface area contributed by atoms with E-state index in [0.29, 0.717) is 11.4 Å². The van der Waals surface area contributed by atoms with E-state index in [4.69, 9.17) is 0 Å². The number of rotatable bonds is 17. The lowest BCUT2D eigenvalue weighted by Crippen LogP contribution is -2.43. The molecule has 3 N–H and O–H groups in total. The molecule has 0 saturated heterocycles. The molecule has 0 aromatic heterocycles. The van der Waals surface area contributed by atoms with Crippen LogP contribution >= 0.6 is 11.8 Å². The first kappa shape index (κ1) is 30.1. The number of thioether (sulfide) groups is 1. The third kappa shape index (κ3) is 15.9. The summed E-state index contributed by atoms with van der Waals surface area (Å²) in [6.07, 6.45) is 13.0. The van der Waals surface area contributed by atoms with Crippen LogP contribution in [0, 0.1) is 0 Å². The van der Waals surface area contributed by atoms with Gasteiger partial charge in [0, 0.05) is 24.1 Å². The second-order valence-corrected chi connectivity index (χ2v) is 9.83. The molecule has 0 bridgehead atoms. The fraction of sp³-hybridized carbons (Fsp3) is 0.593. The second-order valence-electron chi connectivity index (χ2n) is 8.75. The van der Waals surface area contributed by atoms with Gasteiger partial charge in [0.2, 0.25) is 5.91 Å². The summed E-state index contributed by atoms with van der Waals surface area (Å²) in [6.45, 7) is 20.0. The van der Waals surface area contributed by atoms with E-state index in [1.165, 1.54) is 23.6 Å². The van der Waals surface area contributed by atoms with Gasteiger partial charge in [0.25, 0.3) is 0 Å². The van der Waals surface area contributed by atoms with Crippen molar-refractivity contribution in [2.45, 2.75) is 92.2 Å². The summed E-state index contributed by atoms with van der Waals surface area (Å²) >= 11 is 1.74. The third-order valence-corrected chi connectivity index (χ3v) is 6.07. The van der Waals surface area contributed by atoms with Crippen LogP contribution in [0.25, 0.3) is 0 Å². The molecule has 0 radical (unpaired) electrons. The normalized spacial score (nSPS) is 13.8. The van der Waals surface area contributed by atoms with Crippen molar-refractivity contribution in [1.82, 2.24) is 10.6 Å². The van der Waals surface area contributed by atoms with Crippen LogP contribution in [0.5, 0.6) is 0 Å². The Kier molecular flexibility index (Phi) is 16.6. The topological polar surface area (TPSA) is 61.4 Å². The summed E-state index contributed by atoms with van der Waals surface area (Å²) in [4.78, 5) is 11.4. The van der Waals surface area contributed by atoms with Gasteiger partial charge in [-0.1, -0.05) is 61.4 Å². The molecule has 0 spiro atoms. The molecule has 2 atom stereocenters. The van der Waals surface area contributed by atoms with Gasteiger partial charge in [-0.2, -0.15) is 11.8 Å². The minimum atomic E-state index is -0.291. The van der Waals surface area contributed by atoms with Crippen molar-refractivity contribution in [2.24, 2.45) is 0 Å². The lowest BCUT2D eigenvalue weighted by molar-refractivity contribution is -0.119. The van der Waals surface area contributed by atoms with Gasteiger partial charge in [0.1, 0.15) is 5.76 Å². The average molecular weight is 463 g/mol. The van der Waals surface area contributed by atoms with Gasteiger partial charge in [-0.3, -0.25) is 4.79 Å². The van der Waals surface area contributed by atoms with E-state index < -0.39 is 0 Å². The Balaban J connectivity index is 4.47. The molecule has 0 fully saturated rings. The molecule has 4 nitrogen and oxygen atoms in total. The Morgan fingerprint density at radius 3 is 2.06 bits per heavy atom. The summed E-state index contributed by atoms with van der Waals surface area (Å²) in [5, 5.41) is 16.2. The minimum Gasteiger partial charge on any atom is -0.511 e. The molecule has 0 aromatic rings. The van der Waals surface area contributed by atoms with Gasteiger partial charge in [0.05, 0.1) is 12.1 Å². The predicted octanol–water partition coefficient (Wildman–Crippen LogP) is 6.99. The Labute approximate surface area is 201 Å². The molecule has 5 heteroatoms. The monoisotopic (exact) mass is 462 g/mol. The molecule has 0 aliphatic carbocycles. The summed E-state index contributed by atoms with van der Waals surface area (Å²) in [5.41, 5.74) is 4.94. The summed E-state index contributed by atoms with van der Waals surface area (Å²) in [5.74, 6) is 1.57. The quantitative estimate of drug-likeness (QED) is 0.124. The Bertz CT molecular complexity index is 688. The van der Waals surface area contributed by atoms with Gasteiger partial charge in [0.15, 0.2) is 0 Å². The molecule has 182 valence electrons. The van der Waals surface area contributed by atoms with E-state index in [2.05, 4.69) is 76.6 Å². The Hall–Kier alpha value is -1.88. The van der Waals surface area contributed by atoms with Crippen LogP contribution in [0.4, 0.5) is 0 Å². The van der Waals surface area contributed by atoms with Gasteiger partial charge in [-0.05, 0) is 59.8 Å². The molecule has 32 heavy (non-hydrogen) atoms. The average Bonchev–Trinajstić information content (AvgIpc) is 2.69. The number of nitrogens with one attached hydrogen (secondary N) is 2. The molecular weight excluding hydrogens is 416 g/mol. The fourth-order valence-corrected chi connectivity index (χ4v) is 4.19. The minimum absolute atomic E-state index is 0.0845. The zero-order chi connectivity index (χ0) is 24.5. The zero-order valence-corrected chi connectivity index (χ0v) is 22.0. The van der Waals surface area contributed by atoms with Crippen molar-refractivity contribution in [3.05, 3.63) is 59.6 Å². The molecule has 0 saturated carbocycles. The molecule has 2 unspecified atom stereocenters. The van der Waals surface area contributed by atoms with E-state index in [0.717, 1.165) is 44.3 Å². The van der Waals surface area contributed by atoms with Crippen LogP contribution in [0.2, 0.25) is 0 Å². The third-order valence-electron chi connectivity index (χ3n) is 5.09. The molecule has 0 aromatic carbocycles. The highest BCUT2D eigenvalue weighted by molar-refractivity contribution is 7.99. The number of amides is 1. The van der Waals surface area contributed by atoms with Crippen molar-refractivity contribution >= 4 is 17.7 Å². The lowest BCUT2D eigenvalue weighted by atomic mass is 10.1. The molecular formula is C27H46N2O2S. The molecule has 0 rings (SSSR count). The number of hydrogen-bond acceptors (Lipinski definition) is 4. The van der Waals surface area contributed by atoms with Crippen LogP contribution in [0.3, 0.4) is 0 Å². The number of allylic oxidation sites excluding steroid dienone is 5. The second kappa shape index (κ2) is 17.6. The molecule has 0 aliphatic heterocycles. The number of hydrogen-bond donors (Lipinski definition) is 3. The van der Waals surface area contributed by atoms with Crippen LogP contribution in [0.1, 0.15) is 80.1 Å². The smallest absolute Gasteiger partial charge is 0.217 e. The lowest BCUT2D eigenvalue weighted by Gasteiger charge is -2.26. The van der Waals surface area contributed by atoms with Crippen LogP contribution in [0.15, 0.2) is 59.6 Å². The molecule has 1 amide bonds. The summed E-state index contributed by atoms with van der Waals surface area (Å²) < 4.78 is 0. The number of aliphatic hydroxyl groups excluding tert-OH is 1. The number of carbonyl (C=O) groups is 1. The van der Waals surface area contributed by atoms with Gasteiger partial charge >= 0.3 is 0 Å². The Morgan fingerprint density at radius 1 is 0.938 bits per heavy atom. The van der Waals surface area contributed by atoms with E-state index in [9.17, 15) is 9.90 Å². The SMILES string of the molecule is C=C(O)C(CSC/C=C(\C)CC/C=C(\C)CCC=C(C)C)NC(=C)C(CCC)NC(C)=O. The first-order valence-corrected chi connectivity index (χ1v) is 12.8. The largest absolute Gasteiger partial charge is 0.511 e. The summed E-state index contributed by atoms with van der Waals surface area (Å²) in [6, 6.07) is -0.439. The van der Waals surface area contributed by atoms with Gasteiger partial charge in [-0.15, -0.1) is 0 Å². The van der Waals surface area contributed by atoms with Crippen molar-refractivity contribution in [2.75, 3.05) is 11.5 Å². The van der Waals surface area contributed by atoms with Gasteiger partial charge in [-0.25, -0.2) is 0 Å². The van der Waals surface area contributed by atoms with Crippen molar-refractivity contribution in [3.63, 3.8) is 0 Å². The fourth-order valence-electron chi connectivity index (χ4n) is 3.14. The highest BCUT2D eigenvalue weighted by Gasteiger charge is 2.18. The van der Waals surface area contributed by atoms with Crippen LogP contribution in [-0.2, 0) is 4.79 Å². The van der Waals surface area contributed by atoms with E-state index in [1.54, 1.807) is 11.8 Å². The first-order chi connectivity index (χ1) is 15.1. The van der Waals surface area contributed by atoms with Gasteiger partial charge < -0.3 is 15.7 Å². The first-order valence-electron chi connectivity index (χ1n) is 11.7. The maximum absolute atomic E-state index is 11.4. The molecule has 0 heterocycles. The van der Waals surface area contributed by atoms with Crippen molar-refractivity contribution in [3.8, 4) is 0 Å². The van der Waals surface area contributed by atoms with Crippen molar-refractivity contribution < 1.29 is 9.90 Å².